The van der Waals surface area contributed by atoms with E-state index in [4.69, 9.17) is 0 Å². The van der Waals surface area contributed by atoms with Crippen molar-refractivity contribution >= 4 is 21.6 Å². The van der Waals surface area contributed by atoms with E-state index in [1.165, 1.54) is 22.8 Å². The molecule has 2 aromatic rings. The number of nitrogens with zero attached hydrogens (tertiary/aromatic N) is 2. The molecule has 2 heterocycles. The molecule has 0 aromatic heterocycles. The standard InChI is InChI=1S/C25H33N3O3S/c1-20-6-5-15-27(19-20)23-11-9-21(10-12-23)18-26-25(29)22-13-16-28(17-14-22)32(30,31)24-7-3-2-4-8-24/h2-4,7-12,20,22H,5-6,13-19H2,1H3,(H,26,29)/t20-/m0/s1. The van der Waals surface area contributed by atoms with Crippen LogP contribution in [0.15, 0.2) is 59.5 Å². The number of rotatable bonds is 6. The van der Waals surface area contributed by atoms with Crippen molar-refractivity contribution in [2.75, 3.05) is 31.1 Å². The van der Waals surface area contributed by atoms with Gasteiger partial charge in [0.15, 0.2) is 0 Å². The zero-order chi connectivity index (χ0) is 22.6. The van der Waals surface area contributed by atoms with Crippen molar-refractivity contribution in [1.29, 1.82) is 0 Å². The number of hydrogen-bond donors (Lipinski definition) is 1. The third kappa shape index (κ3) is 5.33. The van der Waals surface area contributed by atoms with Gasteiger partial charge in [-0.2, -0.15) is 4.31 Å². The summed E-state index contributed by atoms with van der Waals surface area (Å²) in [5, 5.41) is 3.04. The Hall–Kier alpha value is -2.38. The maximum absolute atomic E-state index is 12.8. The summed E-state index contributed by atoms with van der Waals surface area (Å²) >= 11 is 0. The smallest absolute Gasteiger partial charge is 0.243 e. The first-order valence-corrected chi connectivity index (χ1v) is 13.0. The van der Waals surface area contributed by atoms with E-state index in [0.717, 1.165) is 24.6 Å². The predicted octanol–water partition coefficient (Wildman–Crippen LogP) is 3.64. The number of amides is 1. The minimum atomic E-state index is -3.49. The molecule has 7 heteroatoms. The van der Waals surface area contributed by atoms with Gasteiger partial charge in [-0.15, -0.1) is 0 Å². The molecule has 0 spiro atoms. The van der Waals surface area contributed by atoms with E-state index in [1.54, 1.807) is 30.3 Å². The summed E-state index contributed by atoms with van der Waals surface area (Å²) in [6.45, 7) is 5.76. The van der Waals surface area contributed by atoms with Crippen molar-refractivity contribution in [3.05, 3.63) is 60.2 Å². The average Bonchev–Trinajstić information content (AvgIpc) is 2.83. The Morgan fingerprint density at radius 2 is 1.66 bits per heavy atom. The molecule has 1 N–H and O–H groups in total. The first-order chi connectivity index (χ1) is 15.4. The summed E-state index contributed by atoms with van der Waals surface area (Å²) in [5.41, 5.74) is 2.33. The first-order valence-electron chi connectivity index (χ1n) is 11.6. The quantitative estimate of drug-likeness (QED) is 0.722. The SMILES string of the molecule is C[C@H]1CCCN(c2ccc(CNC(=O)C3CCN(S(=O)(=O)c4ccccc4)CC3)cc2)C1. The van der Waals surface area contributed by atoms with Crippen LogP contribution in [0.2, 0.25) is 0 Å². The summed E-state index contributed by atoms with van der Waals surface area (Å²) in [7, 11) is -3.49. The Morgan fingerprint density at radius 3 is 2.31 bits per heavy atom. The molecular weight excluding hydrogens is 422 g/mol. The van der Waals surface area contributed by atoms with Gasteiger partial charge in [-0.1, -0.05) is 37.3 Å². The molecule has 0 unspecified atom stereocenters. The van der Waals surface area contributed by atoms with Gasteiger partial charge in [0.05, 0.1) is 4.90 Å². The van der Waals surface area contributed by atoms with Gasteiger partial charge in [0, 0.05) is 44.3 Å². The fraction of sp³-hybridized carbons (Fsp3) is 0.480. The first kappa shape index (κ1) is 22.8. The maximum atomic E-state index is 12.8. The van der Waals surface area contributed by atoms with Crippen molar-refractivity contribution in [1.82, 2.24) is 9.62 Å². The topological polar surface area (TPSA) is 69.7 Å². The van der Waals surface area contributed by atoms with E-state index in [2.05, 4.69) is 41.4 Å². The van der Waals surface area contributed by atoms with Crippen LogP contribution in [-0.4, -0.2) is 44.8 Å². The minimum Gasteiger partial charge on any atom is -0.371 e. The third-order valence-corrected chi connectivity index (χ3v) is 8.54. The molecule has 0 saturated carbocycles. The van der Waals surface area contributed by atoms with Crippen molar-refractivity contribution in [2.24, 2.45) is 11.8 Å². The molecule has 32 heavy (non-hydrogen) atoms. The Morgan fingerprint density at radius 1 is 0.969 bits per heavy atom. The van der Waals surface area contributed by atoms with Crippen molar-refractivity contribution in [3.8, 4) is 0 Å². The highest BCUT2D eigenvalue weighted by atomic mass is 32.2. The van der Waals surface area contributed by atoms with Gasteiger partial charge in [0.2, 0.25) is 15.9 Å². The number of benzene rings is 2. The Bertz CT molecular complexity index is 1000. The van der Waals surface area contributed by atoms with E-state index < -0.39 is 10.0 Å². The van der Waals surface area contributed by atoms with Crippen LogP contribution in [0.1, 0.15) is 38.2 Å². The normalized spacial score (nSPS) is 20.8. The fourth-order valence-corrected chi connectivity index (χ4v) is 6.17. The number of nitrogens with one attached hydrogen (secondary N) is 1. The monoisotopic (exact) mass is 455 g/mol. The highest BCUT2D eigenvalue weighted by molar-refractivity contribution is 7.89. The van der Waals surface area contributed by atoms with Crippen LogP contribution >= 0.6 is 0 Å². The third-order valence-electron chi connectivity index (χ3n) is 6.63. The summed E-state index contributed by atoms with van der Waals surface area (Å²) in [6, 6.07) is 17.0. The zero-order valence-corrected chi connectivity index (χ0v) is 19.6. The zero-order valence-electron chi connectivity index (χ0n) is 18.7. The number of hydrogen-bond acceptors (Lipinski definition) is 4. The number of sulfonamides is 1. The van der Waals surface area contributed by atoms with Gasteiger partial charge in [-0.25, -0.2) is 8.42 Å². The molecule has 2 aliphatic rings. The molecule has 6 nitrogen and oxygen atoms in total. The van der Waals surface area contributed by atoms with Crippen LogP contribution in [0.5, 0.6) is 0 Å². The van der Waals surface area contributed by atoms with Gasteiger partial charge in [-0.3, -0.25) is 4.79 Å². The molecule has 4 rings (SSSR count). The highest BCUT2D eigenvalue weighted by Gasteiger charge is 2.31. The lowest BCUT2D eigenvalue weighted by molar-refractivity contribution is -0.126. The summed E-state index contributed by atoms with van der Waals surface area (Å²) in [4.78, 5) is 15.4. The molecule has 1 atom stereocenters. The molecule has 1 amide bonds. The second kappa shape index (κ2) is 10.0. The molecule has 0 aliphatic carbocycles. The van der Waals surface area contributed by atoms with Gasteiger partial charge in [0.1, 0.15) is 0 Å². The molecular formula is C25H33N3O3S. The van der Waals surface area contributed by atoms with Gasteiger partial charge < -0.3 is 10.2 Å². The van der Waals surface area contributed by atoms with Crippen LogP contribution in [0.3, 0.4) is 0 Å². The Kier molecular flexibility index (Phi) is 7.16. The Balaban J connectivity index is 1.26. The summed E-state index contributed by atoms with van der Waals surface area (Å²) in [6.07, 6.45) is 3.64. The molecule has 2 fully saturated rings. The summed E-state index contributed by atoms with van der Waals surface area (Å²) in [5.74, 6) is 0.596. The molecule has 2 aliphatic heterocycles. The summed E-state index contributed by atoms with van der Waals surface area (Å²) < 4.78 is 27.0. The second-order valence-electron chi connectivity index (χ2n) is 9.07. The van der Waals surface area contributed by atoms with E-state index >= 15 is 0 Å². The van der Waals surface area contributed by atoms with Gasteiger partial charge in [-0.05, 0) is 61.4 Å². The van der Waals surface area contributed by atoms with E-state index in [-0.39, 0.29) is 11.8 Å². The minimum absolute atomic E-state index is 0.00990. The van der Waals surface area contributed by atoms with Crippen LogP contribution in [0, 0.1) is 11.8 Å². The van der Waals surface area contributed by atoms with Crippen LogP contribution in [0.25, 0.3) is 0 Å². The lowest BCUT2D eigenvalue weighted by atomic mass is 9.97. The second-order valence-corrected chi connectivity index (χ2v) is 11.0. The lowest BCUT2D eigenvalue weighted by Gasteiger charge is -2.33. The fourth-order valence-electron chi connectivity index (χ4n) is 4.68. The van der Waals surface area contributed by atoms with Crippen LogP contribution < -0.4 is 10.2 Å². The lowest BCUT2D eigenvalue weighted by Crippen LogP contribution is -2.42. The number of anilines is 1. The van der Waals surface area contributed by atoms with E-state index in [1.807, 2.05) is 0 Å². The predicted molar refractivity (Wildman–Crippen MR) is 127 cm³/mol. The van der Waals surface area contributed by atoms with Crippen molar-refractivity contribution < 1.29 is 13.2 Å². The molecule has 0 radical (unpaired) electrons. The number of carbonyl (C=O) groups excluding carboxylic acids is 1. The van der Waals surface area contributed by atoms with Gasteiger partial charge in [0.25, 0.3) is 0 Å². The number of piperidine rings is 2. The molecule has 2 saturated heterocycles. The van der Waals surface area contributed by atoms with Crippen molar-refractivity contribution in [2.45, 2.75) is 44.0 Å². The van der Waals surface area contributed by atoms with Crippen LogP contribution in [0.4, 0.5) is 5.69 Å². The van der Waals surface area contributed by atoms with E-state index in [0.29, 0.717) is 37.4 Å². The molecule has 172 valence electrons. The van der Waals surface area contributed by atoms with Gasteiger partial charge >= 0.3 is 0 Å². The van der Waals surface area contributed by atoms with Crippen molar-refractivity contribution in [3.63, 3.8) is 0 Å². The molecule has 0 bridgehead atoms. The maximum Gasteiger partial charge on any atom is 0.243 e. The largest absolute Gasteiger partial charge is 0.371 e. The van der Waals surface area contributed by atoms with E-state index in [9.17, 15) is 13.2 Å². The number of carbonyl (C=O) groups is 1. The Labute approximate surface area is 191 Å². The van der Waals surface area contributed by atoms with Crippen LogP contribution in [-0.2, 0) is 21.4 Å². The molecule has 2 aromatic carbocycles. The average molecular weight is 456 g/mol. The highest BCUT2D eigenvalue weighted by Crippen LogP contribution is 2.25.